The number of nitrogens with one attached hydrogen (secondary N) is 1. The number of methoxy groups -OCH3 is 1. The number of H-pyrrole nitrogens is 1. The smallest absolute Gasteiger partial charge is 0.198 e. The van der Waals surface area contributed by atoms with Gasteiger partial charge in [0.05, 0.1) is 42.6 Å². The standard InChI is InChI=1S/C22H28N6O3/c1-13-11-30-9-7-28(13)20-15-12-31-22(2,6-8-29-3)18(15)26-19(27-20)14-4-5-16-17(10-14)25-21(23)24-16/h4-5,10,13H,6-9,11-12H2,1-3H3,(H3,23,24,25). The van der Waals surface area contributed by atoms with Gasteiger partial charge in [0.1, 0.15) is 11.4 Å². The molecule has 3 aromatic rings. The van der Waals surface area contributed by atoms with E-state index in [-0.39, 0.29) is 6.04 Å². The summed E-state index contributed by atoms with van der Waals surface area (Å²) in [5, 5.41) is 0. The Morgan fingerprint density at radius 3 is 3.00 bits per heavy atom. The maximum atomic E-state index is 6.27. The van der Waals surface area contributed by atoms with Gasteiger partial charge in [-0.15, -0.1) is 0 Å². The molecule has 9 heteroatoms. The fourth-order valence-electron chi connectivity index (χ4n) is 4.41. The zero-order valence-electron chi connectivity index (χ0n) is 18.1. The SMILES string of the molecule is COCCC1(C)OCc2c(N3CCOCC3C)nc(-c3ccc4nc(N)[nH]c4c3)nc21. The van der Waals surface area contributed by atoms with E-state index < -0.39 is 5.60 Å². The summed E-state index contributed by atoms with van der Waals surface area (Å²) in [6.45, 7) is 7.47. The number of benzene rings is 1. The number of morpholine rings is 1. The van der Waals surface area contributed by atoms with Crippen molar-refractivity contribution in [2.75, 3.05) is 44.1 Å². The van der Waals surface area contributed by atoms with E-state index in [4.69, 9.17) is 29.9 Å². The van der Waals surface area contributed by atoms with Crippen molar-refractivity contribution in [3.63, 3.8) is 0 Å². The molecule has 1 fully saturated rings. The molecule has 0 bridgehead atoms. The lowest BCUT2D eigenvalue weighted by Gasteiger charge is -2.35. The molecule has 2 aromatic heterocycles. The summed E-state index contributed by atoms with van der Waals surface area (Å²) in [5.74, 6) is 1.99. The molecule has 1 aromatic carbocycles. The summed E-state index contributed by atoms with van der Waals surface area (Å²) in [4.78, 5) is 19.7. The molecule has 2 aliphatic heterocycles. The van der Waals surface area contributed by atoms with Crippen molar-refractivity contribution in [2.45, 2.75) is 38.5 Å². The van der Waals surface area contributed by atoms with Crippen LogP contribution in [-0.2, 0) is 26.4 Å². The van der Waals surface area contributed by atoms with Gasteiger partial charge in [-0.3, -0.25) is 0 Å². The van der Waals surface area contributed by atoms with E-state index in [1.807, 2.05) is 18.2 Å². The van der Waals surface area contributed by atoms with Crippen LogP contribution in [0.2, 0.25) is 0 Å². The molecule has 164 valence electrons. The molecule has 9 nitrogen and oxygen atoms in total. The molecule has 2 unspecified atom stereocenters. The lowest BCUT2D eigenvalue weighted by Crippen LogP contribution is -2.44. The first-order valence-electron chi connectivity index (χ1n) is 10.6. The molecular formula is C22H28N6O3. The van der Waals surface area contributed by atoms with Crippen LogP contribution in [0.25, 0.3) is 22.4 Å². The summed E-state index contributed by atoms with van der Waals surface area (Å²) >= 11 is 0. The Bertz CT molecular complexity index is 1120. The third-order valence-electron chi connectivity index (χ3n) is 6.20. The Hall–Kier alpha value is -2.75. The number of nitrogen functional groups attached to an aromatic ring is 1. The number of fused-ring (bicyclic) bond motifs is 2. The first kappa shape index (κ1) is 20.2. The van der Waals surface area contributed by atoms with E-state index in [0.717, 1.165) is 46.6 Å². The van der Waals surface area contributed by atoms with Crippen molar-refractivity contribution in [3.8, 4) is 11.4 Å². The van der Waals surface area contributed by atoms with Crippen molar-refractivity contribution < 1.29 is 14.2 Å². The largest absolute Gasteiger partial charge is 0.385 e. The lowest BCUT2D eigenvalue weighted by molar-refractivity contribution is -0.0448. The van der Waals surface area contributed by atoms with Crippen LogP contribution < -0.4 is 10.6 Å². The second-order valence-corrected chi connectivity index (χ2v) is 8.43. The second-order valence-electron chi connectivity index (χ2n) is 8.43. The summed E-state index contributed by atoms with van der Waals surface area (Å²) in [6.07, 6.45) is 0.723. The normalized spacial score (nSPS) is 23.5. The van der Waals surface area contributed by atoms with Gasteiger partial charge in [-0.2, -0.15) is 0 Å². The number of rotatable bonds is 5. The van der Waals surface area contributed by atoms with Gasteiger partial charge < -0.3 is 29.8 Å². The summed E-state index contributed by atoms with van der Waals surface area (Å²) < 4.78 is 17.3. The highest BCUT2D eigenvalue weighted by atomic mass is 16.5. The number of ether oxygens (including phenoxy) is 3. The predicted octanol–water partition coefficient (Wildman–Crippen LogP) is 2.61. The number of aromatic nitrogens is 4. The van der Waals surface area contributed by atoms with Crippen LogP contribution >= 0.6 is 0 Å². The van der Waals surface area contributed by atoms with Crippen LogP contribution in [0.1, 0.15) is 31.5 Å². The quantitative estimate of drug-likeness (QED) is 0.643. The Morgan fingerprint density at radius 2 is 2.19 bits per heavy atom. The van der Waals surface area contributed by atoms with Crippen LogP contribution in [0, 0.1) is 0 Å². The number of anilines is 2. The minimum absolute atomic E-state index is 0.223. The minimum Gasteiger partial charge on any atom is -0.385 e. The van der Waals surface area contributed by atoms with Gasteiger partial charge in [-0.25, -0.2) is 15.0 Å². The molecule has 2 aliphatic rings. The number of aromatic amines is 1. The van der Waals surface area contributed by atoms with Crippen LogP contribution in [0.15, 0.2) is 18.2 Å². The molecule has 0 radical (unpaired) electrons. The fourth-order valence-corrected chi connectivity index (χ4v) is 4.41. The highest BCUT2D eigenvalue weighted by molar-refractivity contribution is 5.82. The molecule has 0 amide bonds. The molecule has 1 saturated heterocycles. The van der Waals surface area contributed by atoms with Gasteiger partial charge in [0.15, 0.2) is 11.8 Å². The van der Waals surface area contributed by atoms with E-state index in [1.165, 1.54) is 0 Å². The molecule has 2 atom stereocenters. The average molecular weight is 425 g/mol. The molecule has 0 saturated carbocycles. The van der Waals surface area contributed by atoms with Crippen molar-refractivity contribution in [3.05, 3.63) is 29.5 Å². The Balaban J connectivity index is 1.65. The Kier molecular flexibility index (Phi) is 5.04. The van der Waals surface area contributed by atoms with E-state index >= 15 is 0 Å². The van der Waals surface area contributed by atoms with E-state index in [9.17, 15) is 0 Å². The molecule has 31 heavy (non-hydrogen) atoms. The number of imidazole rings is 1. The molecule has 5 rings (SSSR count). The third kappa shape index (κ3) is 3.52. The van der Waals surface area contributed by atoms with Crippen molar-refractivity contribution in [1.82, 2.24) is 19.9 Å². The monoisotopic (exact) mass is 424 g/mol. The molecular weight excluding hydrogens is 396 g/mol. The maximum Gasteiger partial charge on any atom is 0.198 e. The van der Waals surface area contributed by atoms with Gasteiger partial charge in [0, 0.05) is 37.8 Å². The van der Waals surface area contributed by atoms with Crippen molar-refractivity contribution >= 4 is 22.8 Å². The van der Waals surface area contributed by atoms with Crippen LogP contribution in [-0.4, -0.2) is 59.5 Å². The minimum atomic E-state index is -0.518. The summed E-state index contributed by atoms with van der Waals surface area (Å²) in [5.41, 5.74) is 9.89. The molecule has 4 heterocycles. The highest BCUT2D eigenvalue weighted by Gasteiger charge is 2.41. The van der Waals surface area contributed by atoms with E-state index in [1.54, 1.807) is 7.11 Å². The molecule has 0 spiro atoms. The highest BCUT2D eigenvalue weighted by Crippen LogP contribution is 2.42. The first-order chi connectivity index (χ1) is 15.0. The summed E-state index contributed by atoms with van der Waals surface area (Å²) in [6, 6.07) is 6.14. The third-order valence-corrected chi connectivity index (χ3v) is 6.20. The van der Waals surface area contributed by atoms with Gasteiger partial charge in [-0.05, 0) is 32.0 Å². The molecule has 3 N–H and O–H groups in total. The lowest BCUT2D eigenvalue weighted by atomic mass is 9.96. The van der Waals surface area contributed by atoms with Gasteiger partial charge >= 0.3 is 0 Å². The van der Waals surface area contributed by atoms with Gasteiger partial charge in [0.25, 0.3) is 0 Å². The van der Waals surface area contributed by atoms with Crippen LogP contribution in [0.4, 0.5) is 11.8 Å². The van der Waals surface area contributed by atoms with Crippen LogP contribution in [0.5, 0.6) is 0 Å². The first-order valence-corrected chi connectivity index (χ1v) is 10.6. The fraction of sp³-hybridized carbons (Fsp3) is 0.500. The second kappa shape index (κ2) is 7.74. The number of nitrogens with zero attached hydrogens (tertiary/aromatic N) is 4. The number of hydrogen-bond acceptors (Lipinski definition) is 8. The number of hydrogen-bond donors (Lipinski definition) is 2. The Labute approximate surface area is 180 Å². The van der Waals surface area contributed by atoms with Gasteiger partial charge in [0.2, 0.25) is 0 Å². The average Bonchev–Trinajstić information content (AvgIpc) is 3.31. The zero-order chi connectivity index (χ0) is 21.6. The summed E-state index contributed by atoms with van der Waals surface area (Å²) in [7, 11) is 1.71. The van der Waals surface area contributed by atoms with E-state index in [0.29, 0.717) is 38.2 Å². The topological polar surface area (TPSA) is 111 Å². The van der Waals surface area contributed by atoms with Crippen molar-refractivity contribution in [1.29, 1.82) is 0 Å². The number of nitrogens with two attached hydrogens (primary N) is 1. The van der Waals surface area contributed by atoms with Crippen molar-refractivity contribution in [2.24, 2.45) is 0 Å². The van der Waals surface area contributed by atoms with Crippen LogP contribution in [0.3, 0.4) is 0 Å². The maximum absolute atomic E-state index is 6.27. The Morgan fingerprint density at radius 1 is 1.32 bits per heavy atom. The molecule has 0 aliphatic carbocycles. The zero-order valence-corrected chi connectivity index (χ0v) is 18.1. The van der Waals surface area contributed by atoms with Gasteiger partial charge in [-0.1, -0.05) is 0 Å². The predicted molar refractivity (Wildman–Crippen MR) is 118 cm³/mol. The van der Waals surface area contributed by atoms with E-state index in [2.05, 4.69) is 28.7 Å².